The van der Waals surface area contributed by atoms with Crippen LogP contribution in [0.2, 0.25) is 0 Å². The number of carbonyl (C=O) groups is 1. The van der Waals surface area contributed by atoms with Crippen LogP contribution in [0.5, 0.6) is 5.75 Å². The van der Waals surface area contributed by atoms with Crippen molar-refractivity contribution in [2.75, 3.05) is 6.61 Å². The SMILES string of the molecule is CCC(=O)O.CCCCCCCCCCCCCC(CCO)c1ccc(OC(NC(C)C)C(C)O)cc1. The summed E-state index contributed by atoms with van der Waals surface area (Å²) in [6.45, 7) is 9.91. The van der Waals surface area contributed by atoms with Crippen molar-refractivity contribution in [2.24, 2.45) is 0 Å². The van der Waals surface area contributed by atoms with Crippen LogP contribution in [0.4, 0.5) is 0 Å². The fourth-order valence-electron chi connectivity index (χ4n) is 4.25. The Morgan fingerprint density at radius 3 is 1.73 bits per heavy atom. The van der Waals surface area contributed by atoms with Gasteiger partial charge in [-0.15, -0.1) is 0 Å². The molecule has 1 aromatic carbocycles. The third kappa shape index (κ3) is 20.1. The van der Waals surface area contributed by atoms with Gasteiger partial charge in [0, 0.05) is 19.1 Å². The van der Waals surface area contributed by atoms with E-state index in [1.807, 2.05) is 26.0 Å². The second-order valence-electron chi connectivity index (χ2n) is 10.5. The molecule has 0 amide bonds. The summed E-state index contributed by atoms with van der Waals surface area (Å²) in [5.74, 6) is 0.407. The molecule has 0 saturated heterocycles. The first-order valence-corrected chi connectivity index (χ1v) is 14.8. The maximum atomic E-state index is 9.95. The zero-order valence-electron chi connectivity index (χ0n) is 24.4. The van der Waals surface area contributed by atoms with Gasteiger partial charge in [0.05, 0.1) is 0 Å². The number of carboxylic acid groups (broad SMARTS) is 1. The van der Waals surface area contributed by atoms with Crippen molar-refractivity contribution in [1.29, 1.82) is 0 Å². The van der Waals surface area contributed by atoms with Gasteiger partial charge in [0.25, 0.3) is 0 Å². The van der Waals surface area contributed by atoms with Crippen LogP contribution in [0.15, 0.2) is 24.3 Å². The lowest BCUT2D eigenvalue weighted by atomic mass is 9.90. The molecule has 6 nitrogen and oxygen atoms in total. The predicted molar refractivity (Wildman–Crippen MR) is 154 cm³/mol. The minimum absolute atomic E-state index is 0.222. The Morgan fingerprint density at radius 1 is 0.838 bits per heavy atom. The van der Waals surface area contributed by atoms with E-state index in [-0.39, 0.29) is 19.1 Å². The van der Waals surface area contributed by atoms with Gasteiger partial charge in [0.2, 0.25) is 0 Å². The molecule has 0 aliphatic heterocycles. The lowest BCUT2D eigenvalue weighted by Gasteiger charge is -2.25. The average Bonchev–Trinajstić information content (AvgIpc) is 2.86. The molecule has 216 valence electrons. The van der Waals surface area contributed by atoms with Gasteiger partial charge in [-0.3, -0.25) is 10.1 Å². The molecule has 0 fully saturated rings. The third-order valence-corrected chi connectivity index (χ3v) is 6.49. The van der Waals surface area contributed by atoms with Gasteiger partial charge in [-0.1, -0.05) is 96.6 Å². The number of aliphatic hydroxyl groups is 2. The van der Waals surface area contributed by atoms with Gasteiger partial charge in [0.1, 0.15) is 11.9 Å². The summed E-state index contributed by atoms with van der Waals surface area (Å²) >= 11 is 0. The summed E-state index contributed by atoms with van der Waals surface area (Å²) in [5.41, 5.74) is 1.27. The van der Waals surface area contributed by atoms with E-state index in [4.69, 9.17) is 9.84 Å². The highest BCUT2D eigenvalue weighted by Gasteiger charge is 2.18. The maximum absolute atomic E-state index is 9.95. The predicted octanol–water partition coefficient (Wildman–Crippen LogP) is 7.42. The van der Waals surface area contributed by atoms with Crippen molar-refractivity contribution in [3.63, 3.8) is 0 Å². The van der Waals surface area contributed by atoms with Crippen molar-refractivity contribution in [3.8, 4) is 5.75 Å². The highest BCUT2D eigenvalue weighted by Crippen LogP contribution is 2.28. The normalized spacial score (nSPS) is 13.5. The highest BCUT2D eigenvalue weighted by molar-refractivity contribution is 5.66. The van der Waals surface area contributed by atoms with Crippen LogP contribution in [0.25, 0.3) is 0 Å². The van der Waals surface area contributed by atoms with E-state index >= 15 is 0 Å². The third-order valence-electron chi connectivity index (χ3n) is 6.49. The van der Waals surface area contributed by atoms with E-state index in [1.54, 1.807) is 13.8 Å². The second kappa shape index (κ2) is 23.5. The Morgan fingerprint density at radius 2 is 1.32 bits per heavy atom. The molecular formula is C31H57NO5. The van der Waals surface area contributed by atoms with E-state index < -0.39 is 18.3 Å². The number of benzene rings is 1. The standard InChI is InChI=1S/C28H51NO3.C3H6O2/c1-5-6-7-8-9-10-11-12-13-14-15-16-25(21-22-30)26-17-19-27(20-18-26)32-28(24(4)31)29-23(2)3;1-2-3(4)5/h17-20,23-25,28-31H,5-16,21-22H2,1-4H3;2H2,1H3,(H,4,5). The molecule has 0 heterocycles. The quantitative estimate of drug-likeness (QED) is 0.0988. The molecule has 0 aromatic heterocycles. The van der Waals surface area contributed by atoms with Crippen molar-refractivity contribution >= 4 is 5.97 Å². The lowest BCUT2D eigenvalue weighted by Crippen LogP contribution is -2.46. The molecule has 0 radical (unpaired) electrons. The Bertz CT molecular complexity index is 648. The van der Waals surface area contributed by atoms with E-state index in [1.165, 1.54) is 76.2 Å². The molecule has 0 aliphatic carbocycles. The van der Waals surface area contributed by atoms with Crippen LogP contribution in [0, 0.1) is 0 Å². The van der Waals surface area contributed by atoms with Gasteiger partial charge in [-0.25, -0.2) is 0 Å². The summed E-state index contributed by atoms with van der Waals surface area (Å²) in [6.07, 6.45) is 16.1. The van der Waals surface area contributed by atoms with Gasteiger partial charge in [-0.05, 0) is 57.2 Å². The van der Waals surface area contributed by atoms with Gasteiger partial charge in [-0.2, -0.15) is 0 Å². The van der Waals surface area contributed by atoms with Crippen LogP contribution in [-0.4, -0.2) is 46.3 Å². The second-order valence-corrected chi connectivity index (χ2v) is 10.5. The van der Waals surface area contributed by atoms with Crippen LogP contribution in [-0.2, 0) is 4.79 Å². The number of ether oxygens (including phenoxy) is 1. The summed E-state index contributed by atoms with van der Waals surface area (Å²) in [6, 6.07) is 8.43. The molecular weight excluding hydrogens is 466 g/mol. The van der Waals surface area contributed by atoms with E-state index in [0.717, 1.165) is 18.6 Å². The Labute approximate surface area is 227 Å². The van der Waals surface area contributed by atoms with Gasteiger partial charge in [0.15, 0.2) is 6.23 Å². The largest absolute Gasteiger partial charge is 0.481 e. The van der Waals surface area contributed by atoms with Crippen molar-refractivity contribution in [2.45, 2.75) is 149 Å². The molecule has 0 saturated carbocycles. The van der Waals surface area contributed by atoms with Crippen LogP contribution in [0.1, 0.15) is 136 Å². The number of nitrogens with one attached hydrogen (secondary N) is 1. The number of rotatable bonds is 21. The van der Waals surface area contributed by atoms with E-state index in [9.17, 15) is 15.0 Å². The number of unbranched alkanes of at least 4 members (excludes halogenated alkanes) is 10. The number of hydrogen-bond donors (Lipinski definition) is 4. The fraction of sp³-hybridized carbons (Fsp3) is 0.774. The summed E-state index contributed by atoms with van der Waals surface area (Å²) in [7, 11) is 0. The Hall–Kier alpha value is -1.63. The summed E-state index contributed by atoms with van der Waals surface area (Å²) in [5, 5.41) is 30.5. The Kier molecular flexibility index (Phi) is 22.4. The van der Waals surface area contributed by atoms with Crippen LogP contribution >= 0.6 is 0 Å². The van der Waals surface area contributed by atoms with Crippen molar-refractivity contribution in [1.82, 2.24) is 5.32 Å². The molecule has 4 N–H and O–H groups in total. The number of aliphatic carboxylic acids is 1. The number of aliphatic hydroxyl groups excluding tert-OH is 2. The first-order valence-electron chi connectivity index (χ1n) is 14.8. The molecule has 37 heavy (non-hydrogen) atoms. The molecule has 1 aromatic rings. The lowest BCUT2D eigenvalue weighted by molar-refractivity contribution is -0.136. The van der Waals surface area contributed by atoms with Crippen molar-refractivity contribution < 1.29 is 24.9 Å². The minimum Gasteiger partial charge on any atom is -0.481 e. The van der Waals surface area contributed by atoms with Crippen LogP contribution in [0.3, 0.4) is 0 Å². The van der Waals surface area contributed by atoms with E-state index in [0.29, 0.717) is 5.92 Å². The van der Waals surface area contributed by atoms with Gasteiger partial charge < -0.3 is 20.1 Å². The molecule has 0 spiro atoms. The summed E-state index contributed by atoms with van der Waals surface area (Å²) in [4.78, 5) is 9.37. The zero-order valence-corrected chi connectivity index (χ0v) is 24.4. The highest BCUT2D eigenvalue weighted by atomic mass is 16.5. The van der Waals surface area contributed by atoms with Gasteiger partial charge >= 0.3 is 5.97 Å². The number of hydrogen-bond acceptors (Lipinski definition) is 5. The zero-order chi connectivity index (χ0) is 27.9. The monoisotopic (exact) mass is 523 g/mol. The minimum atomic E-state index is -0.745. The number of carboxylic acids is 1. The average molecular weight is 524 g/mol. The first-order chi connectivity index (χ1) is 17.7. The topological polar surface area (TPSA) is 99.0 Å². The smallest absolute Gasteiger partial charge is 0.303 e. The fourth-order valence-corrected chi connectivity index (χ4v) is 4.25. The molecule has 6 heteroatoms. The maximum Gasteiger partial charge on any atom is 0.303 e. The van der Waals surface area contributed by atoms with Crippen LogP contribution < -0.4 is 10.1 Å². The Balaban J connectivity index is 0.00000235. The first kappa shape index (κ1) is 35.4. The molecule has 0 bridgehead atoms. The molecule has 3 unspecified atom stereocenters. The molecule has 3 atom stereocenters. The molecule has 1 rings (SSSR count). The summed E-state index contributed by atoms with van der Waals surface area (Å²) < 4.78 is 5.94. The molecule has 0 aliphatic rings. The van der Waals surface area contributed by atoms with E-state index in [2.05, 4.69) is 24.4 Å². The van der Waals surface area contributed by atoms with Crippen molar-refractivity contribution in [3.05, 3.63) is 29.8 Å².